The molecule has 0 radical (unpaired) electrons. The maximum absolute atomic E-state index is 12.1. The molecule has 0 unspecified atom stereocenters. The summed E-state index contributed by atoms with van der Waals surface area (Å²) >= 11 is 0. The highest BCUT2D eigenvalue weighted by atomic mass is 19.4. The minimum atomic E-state index is -4.83. The van der Waals surface area contributed by atoms with E-state index in [9.17, 15) is 18.3 Å². The van der Waals surface area contributed by atoms with E-state index in [-0.39, 0.29) is 0 Å². The van der Waals surface area contributed by atoms with Gasteiger partial charge in [-0.15, -0.1) is 13.2 Å². The first-order chi connectivity index (χ1) is 9.39. The first-order valence-electron chi connectivity index (χ1n) is 5.62. The van der Waals surface area contributed by atoms with Crippen LogP contribution >= 0.6 is 0 Å². The second-order valence-electron chi connectivity index (χ2n) is 3.96. The Morgan fingerprint density at radius 3 is 2.05 bits per heavy atom. The highest BCUT2D eigenvalue weighted by Crippen LogP contribution is 2.35. The van der Waals surface area contributed by atoms with Crippen LogP contribution in [-0.2, 0) is 0 Å². The lowest BCUT2D eigenvalue weighted by molar-refractivity contribution is -0.275. The topological polar surface area (TPSA) is 38.7 Å². The standard InChI is InChI=1S/C14H11F3O3/c1-19-11-5-2-9(3-6-11)10-4-7-13(12(18)8-10)20-14(15,16)17/h2-8,18H,1H3. The number of hydrogen-bond acceptors (Lipinski definition) is 3. The molecule has 0 saturated carbocycles. The minimum absolute atomic E-state index is 0.569. The molecular weight excluding hydrogens is 273 g/mol. The molecule has 0 aliphatic carbocycles. The van der Waals surface area contributed by atoms with Gasteiger partial charge in [-0.05, 0) is 35.4 Å². The number of rotatable bonds is 3. The van der Waals surface area contributed by atoms with E-state index in [0.29, 0.717) is 11.3 Å². The van der Waals surface area contributed by atoms with Gasteiger partial charge < -0.3 is 14.6 Å². The fraction of sp³-hybridized carbons (Fsp3) is 0.143. The van der Waals surface area contributed by atoms with Crippen LogP contribution in [0, 0.1) is 0 Å². The average Bonchev–Trinajstić information content (AvgIpc) is 2.40. The van der Waals surface area contributed by atoms with E-state index in [0.717, 1.165) is 11.6 Å². The van der Waals surface area contributed by atoms with Gasteiger partial charge in [0.1, 0.15) is 5.75 Å². The SMILES string of the molecule is COc1ccc(-c2ccc(OC(F)(F)F)c(O)c2)cc1. The van der Waals surface area contributed by atoms with Gasteiger partial charge >= 0.3 is 6.36 Å². The molecule has 0 fully saturated rings. The number of aromatic hydroxyl groups is 1. The van der Waals surface area contributed by atoms with Gasteiger partial charge in [-0.3, -0.25) is 0 Å². The minimum Gasteiger partial charge on any atom is -0.504 e. The van der Waals surface area contributed by atoms with E-state index in [4.69, 9.17) is 4.74 Å². The second-order valence-corrected chi connectivity index (χ2v) is 3.96. The van der Waals surface area contributed by atoms with Crippen LogP contribution < -0.4 is 9.47 Å². The Bertz CT molecular complexity index is 592. The molecule has 2 rings (SSSR count). The van der Waals surface area contributed by atoms with Gasteiger partial charge in [0.05, 0.1) is 7.11 Å². The predicted molar refractivity (Wildman–Crippen MR) is 66.8 cm³/mol. The Labute approximate surface area is 113 Å². The smallest absolute Gasteiger partial charge is 0.504 e. The lowest BCUT2D eigenvalue weighted by Gasteiger charge is -2.11. The maximum atomic E-state index is 12.1. The van der Waals surface area contributed by atoms with Crippen LogP contribution in [0.1, 0.15) is 0 Å². The molecular formula is C14H11F3O3. The summed E-state index contributed by atoms with van der Waals surface area (Å²) in [4.78, 5) is 0. The average molecular weight is 284 g/mol. The van der Waals surface area contributed by atoms with Crippen molar-refractivity contribution in [3.8, 4) is 28.4 Å². The van der Waals surface area contributed by atoms with Crippen molar-refractivity contribution in [3.63, 3.8) is 0 Å². The second kappa shape index (κ2) is 5.32. The fourth-order valence-electron chi connectivity index (χ4n) is 1.69. The van der Waals surface area contributed by atoms with Gasteiger partial charge in [0.25, 0.3) is 0 Å². The summed E-state index contributed by atoms with van der Waals surface area (Å²) in [7, 11) is 1.53. The van der Waals surface area contributed by atoms with E-state index >= 15 is 0 Å². The molecule has 2 aromatic carbocycles. The third kappa shape index (κ3) is 3.34. The highest BCUT2D eigenvalue weighted by Gasteiger charge is 2.32. The molecule has 0 saturated heterocycles. The number of methoxy groups -OCH3 is 1. The lowest BCUT2D eigenvalue weighted by Crippen LogP contribution is -2.17. The summed E-state index contributed by atoms with van der Waals surface area (Å²) in [5, 5.41) is 9.57. The normalized spacial score (nSPS) is 11.2. The Hall–Kier alpha value is -2.37. The molecule has 0 spiro atoms. The Morgan fingerprint density at radius 2 is 1.55 bits per heavy atom. The van der Waals surface area contributed by atoms with E-state index in [2.05, 4.69) is 4.74 Å². The number of hydrogen-bond donors (Lipinski definition) is 1. The zero-order chi connectivity index (χ0) is 14.8. The molecule has 3 nitrogen and oxygen atoms in total. The van der Waals surface area contributed by atoms with Gasteiger partial charge in [-0.2, -0.15) is 0 Å². The molecule has 2 aromatic rings. The van der Waals surface area contributed by atoms with Gasteiger partial charge in [0.15, 0.2) is 11.5 Å². The number of phenols is 1. The molecule has 0 heterocycles. The quantitative estimate of drug-likeness (QED) is 0.927. The van der Waals surface area contributed by atoms with Crippen LogP contribution in [0.5, 0.6) is 17.2 Å². The van der Waals surface area contributed by atoms with Gasteiger partial charge in [0.2, 0.25) is 0 Å². The zero-order valence-corrected chi connectivity index (χ0v) is 10.4. The van der Waals surface area contributed by atoms with Crippen molar-refractivity contribution in [3.05, 3.63) is 42.5 Å². The Morgan fingerprint density at radius 1 is 0.950 bits per heavy atom. The highest BCUT2D eigenvalue weighted by molar-refractivity contribution is 5.67. The van der Waals surface area contributed by atoms with Crippen molar-refractivity contribution in [2.75, 3.05) is 7.11 Å². The van der Waals surface area contributed by atoms with Gasteiger partial charge in [-0.25, -0.2) is 0 Å². The van der Waals surface area contributed by atoms with E-state index < -0.39 is 17.9 Å². The van der Waals surface area contributed by atoms with Crippen LogP contribution in [0.3, 0.4) is 0 Å². The van der Waals surface area contributed by atoms with Crippen LogP contribution in [0.25, 0.3) is 11.1 Å². The Balaban J connectivity index is 2.28. The van der Waals surface area contributed by atoms with Gasteiger partial charge in [0, 0.05) is 0 Å². The van der Waals surface area contributed by atoms with Crippen molar-refractivity contribution in [2.24, 2.45) is 0 Å². The summed E-state index contributed by atoms with van der Waals surface area (Å²) in [6, 6.07) is 10.6. The van der Waals surface area contributed by atoms with E-state index in [1.165, 1.54) is 19.2 Å². The first kappa shape index (κ1) is 14.0. The van der Waals surface area contributed by atoms with E-state index in [1.54, 1.807) is 24.3 Å². The van der Waals surface area contributed by atoms with Crippen LogP contribution in [0.2, 0.25) is 0 Å². The van der Waals surface area contributed by atoms with Crippen molar-refractivity contribution in [1.82, 2.24) is 0 Å². The third-order valence-corrected chi connectivity index (χ3v) is 2.61. The molecule has 6 heteroatoms. The molecule has 0 atom stereocenters. The summed E-state index contributed by atoms with van der Waals surface area (Å²) in [6.07, 6.45) is -4.83. The molecule has 0 amide bonds. The molecule has 0 aliphatic rings. The molecule has 0 aliphatic heterocycles. The maximum Gasteiger partial charge on any atom is 0.573 e. The summed E-state index contributed by atoms with van der Waals surface area (Å²) in [5.41, 5.74) is 1.30. The molecule has 1 N–H and O–H groups in total. The number of phenolic OH excluding ortho intramolecular Hbond substituents is 1. The van der Waals surface area contributed by atoms with Crippen LogP contribution in [0.15, 0.2) is 42.5 Å². The van der Waals surface area contributed by atoms with Crippen molar-refractivity contribution in [2.45, 2.75) is 6.36 Å². The monoisotopic (exact) mass is 284 g/mol. The number of benzene rings is 2. The van der Waals surface area contributed by atoms with Crippen LogP contribution in [-0.4, -0.2) is 18.6 Å². The van der Waals surface area contributed by atoms with Crippen molar-refractivity contribution in [1.29, 1.82) is 0 Å². The fourth-order valence-corrected chi connectivity index (χ4v) is 1.69. The third-order valence-electron chi connectivity index (χ3n) is 2.61. The van der Waals surface area contributed by atoms with Gasteiger partial charge in [-0.1, -0.05) is 18.2 Å². The van der Waals surface area contributed by atoms with Crippen LogP contribution in [0.4, 0.5) is 13.2 Å². The van der Waals surface area contributed by atoms with Crippen molar-refractivity contribution >= 4 is 0 Å². The predicted octanol–water partition coefficient (Wildman–Crippen LogP) is 3.97. The van der Waals surface area contributed by atoms with Crippen molar-refractivity contribution < 1.29 is 27.8 Å². The number of halogens is 3. The Kier molecular flexibility index (Phi) is 3.74. The number of ether oxygens (including phenoxy) is 2. The largest absolute Gasteiger partial charge is 0.573 e. The van der Waals surface area contributed by atoms with E-state index in [1.807, 2.05) is 0 Å². The first-order valence-corrected chi connectivity index (χ1v) is 5.62. The summed E-state index contributed by atoms with van der Waals surface area (Å²) < 4.78 is 44.9. The zero-order valence-electron chi connectivity index (χ0n) is 10.4. The summed E-state index contributed by atoms with van der Waals surface area (Å²) in [5.74, 6) is -0.541. The molecule has 106 valence electrons. The summed E-state index contributed by atoms with van der Waals surface area (Å²) in [6.45, 7) is 0. The number of alkyl halides is 3. The lowest BCUT2D eigenvalue weighted by atomic mass is 10.1. The molecule has 0 aromatic heterocycles. The molecule has 0 bridgehead atoms. The molecule has 20 heavy (non-hydrogen) atoms.